The van der Waals surface area contributed by atoms with Gasteiger partial charge in [0.15, 0.2) is 0 Å². The second-order valence-corrected chi connectivity index (χ2v) is 5.52. The van der Waals surface area contributed by atoms with Crippen LogP contribution in [0.1, 0.15) is 25.3 Å². The van der Waals surface area contributed by atoms with Crippen LogP contribution in [-0.4, -0.2) is 18.2 Å². The summed E-state index contributed by atoms with van der Waals surface area (Å²) in [5.74, 6) is 0. The van der Waals surface area contributed by atoms with Gasteiger partial charge >= 0.3 is 0 Å². The predicted octanol–water partition coefficient (Wildman–Crippen LogP) is 2.89. The molecule has 88 valence electrons. The molecule has 1 saturated heterocycles. The van der Waals surface area contributed by atoms with Crippen LogP contribution in [0.2, 0.25) is 0 Å². The normalized spacial score (nSPS) is 26.9. The quantitative estimate of drug-likeness (QED) is 0.926. The van der Waals surface area contributed by atoms with E-state index in [1.807, 2.05) is 12.1 Å². The molecule has 2 nitrogen and oxygen atoms in total. The van der Waals surface area contributed by atoms with E-state index >= 15 is 0 Å². The number of halogens is 1. The zero-order valence-electron chi connectivity index (χ0n) is 9.58. The number of hydrogen-bond donors (Lipinski definition) is 1. The summed E-state index contributed by atoms with van der Waals surface area (Å²) in [5, 5.41) is 0. The summed E-state index contributed by atoms with van der Waals surface area (Å²) in [5.41, 5.74) is 7.38. The van der Waals surface area contributed by atoms with Crippen molar-refractivity contribution >= 4 is 15.9 Å². The fourth-order valence-corrected chi connectivity index (χ4v) is 2.66. The summed E-state index contributed by atoms with van der Waals surface area (Å²) < 4.78 is 6.91. The van der Waals surface area contributed by atoms with Crippen molar-refractivity contribution in [3.05, 3.63) is 34.3 Å². The van der Waals surface area contributed by atoms with E-state index in [-0.39, 0.29) is 11.6 Å². The van der Waals surface area contributed by atoms with E-state index in [4.69, 9.17) is 10.5 Å². The Morgan fingerprint density at radius 3 is 2.88 bits per heavy atom. The van der Waals surface area contributed by atoms with Crippen LogP contribution in [0.5, 0.6) is 0 Å². The molecule has 3 heteroatoms. The molecule has 2 rings (SSSR count). The fourth-order valence-electron chi connectivity index (χ4n) is 2.21. The van der Waals surface area contributed by atoms with Crippen molar-refractivity contribution in [1.29, 1.82) is 0 Å². The van der Waals surface area contributed by atoms with Gasteiger partial charge in [0.1, 0.15) is 0 Å². The Morgan fingerprint density at radius 2 is 2.25 bits per heavy atom. The lowest BCUT2D eigenvalue weighted by atomic mass is 9.89. The maximum atomic E-state index is 6.27. The van der Waals surface area contributed by atoms with Crippen molar-refractivity contribution in [2.75, 3.05) is 6.61 Å². The van der Waals surface area contributed by atoms with Crippen molar-refractivity contribution in [3.63, 3.8) is 0 Å². The Morgan fingerprint density at radius 1 is 1.50 bits per heavy atom. The van der Waals surface area contributed by atoms with Gasteiger partial charge < -0.3 is 10.5 Å². The highest BCUT2D eigenvalue weighted by Gasteiger charge is 2.36. The second kappa shape index (κ2) is 4.86. The van der Waals surface area contributed by atoms with Crippen LogP contribution < -0.4 is 5.73 Å². The molecule has 2 atom stereocenters. The standard InChI is InChI=1S/C13H18BrNO/c1-13(7-4-8-16-13)12(15)9-10-5-2-3-6-11(10)14/h2-3,5-6,12H,4,7-9,15H2,1H3. The van der Waals surface area contributed by atoms with Crippen LogP contribution in [0.3, 0.4) is 0 Å². The Kier molecular flexibility index (Phi) is 3.67. The predicted molar refractivity (Wildman–Crippen MR) is 69.4 cm³/mol. The fraction of sp³-hybridized carbons (Fsp3) is 0.538. The number of nitrogens with two attached hydrogens (primary N) is 1. The molecule has 1 fully saturated rings. The van der Waals surface area contributed by atoms with Crippen LogP contribution >= 0.6 is 15.9 Å². The van der Waals surface area contributed by atoms with E-state index in [1.54, 1.807) is 0 Å². The van der Waals surface area contributed by atoms with E-state index in [9.17, 15) is 0 Å². The highest BCUT2D eigenvalue weighted by atomic mass is 79.9. The smallest absolute Gasteiger partial charge is 0.0808 e. The zero-order valence-corrected chi connectivity index (χ0v) is 11.2. The van der Waals surface area contributed by atoms with Gasteiger partial charge in [-0.25, -0.2) is 0 Å². The lowest BCUT2D eigenvalue weighted by Gasteiger charge is -2.30. The highest BCUT2D eigenvalue weighted by molar-refractivity contribution is 9.10. The van der Waals surface area contributed by atoms with Crippen molar-refractivity contribution in [3.8, 4) is 0 Å². The summed E-state index contributed by atoms with van der Waals surface area (Å²) in [6.45, 7) is 2.97. The molecule has 0 amide bonds. The first-order valence-electron chi connectivity index (χ1n) is 5.75. The minimum absolute atomic E-state index is 0.0636. The van der Waals surface area contributed by atoms with E-state index in [0.29, 0.717) is 0 Å². The molecule has 16 heavy (non-hydrogen) atoms. The minimum Gasteiger partial charge on any atom is -0.374 e. The highest BCUT2D eigenvalue weighted by Crippen LogP contribution is 2.30. The molecule has 0 aliphatic carbocycles. The number of ether oxygens (including phenoxy) is 1. The maximum Gasteiger partial charge on any atom is 0.0808 e. The third kappa shape index (κ3) is 2.47. The molecular formula is C13H18BrNO. The third-order valence-corrected chi connectivity index (χ3v) is 4.20. The Bertz CT molecular complexity index is 361. The molecule has 0 spiro atoms. The molecule has 1 aromatic rings. The summed E-state index contributed by atoms with van der Waals surface area (Å²) in [6.07, 6.45) is 3.05. The van der Waals surface area contributed by atoms with Crippen LogP contribution in [0.15, 0.2) is 28.7 Å². The Labute approximate surface area is 105 Å². The topological polar surface area (TPSA) is 35.2 Å². The summed E-state index contributed by atoms with van der Waals surface area (Å²) in [4.78, 5) is 0. The minimum atomic E-state index is -0.144. The first-order valence-corrected chi connectivity index (χ1v) is 6.54. The van der Waals surface area contributed by atoms with Crippen molar-refractivity contribution in [1.82, 2.24) is 0 Å². The second-order valence-electron chi connectivity index (χ2n) is 4.67. The SMILES string of the molecule is CC1(C(N)Cc2ccccc2Br)CCCO1. The Hall–Kier alpha value is -0.380. The third-order valence-electron chi connectivity index (χ3n) is 3.43. The summed E-state index contributed by atoms with van der Waals surface area (Å²) in [7, 11) is 0. The molecule has 1 heterocycles. The largest absolute Gasteiger partial charge is 0.374 e. The number of rotatable bonds is 3. The van der Waals surface area contributed by atoms with Crippen molar-refractivity contribution in [2.24, 2.45) is 5.73 Å². The zero-order chi connectivity index (χ0) is 11.6. The van der Waals surface area contributed by atoms with Crippen LogP contribution in [0, 0.1) is 0 Å². The molecule has 0 radical (unpaired) electrons. The molecule has 0 aromatic heterocycles. The van der Waals surface area contributed by atoms with Crippen molar-refractivity contribution < 1.29 is 4.74 Å². The first-order chi connectivity index (χ1) is 7.62. The lowest BCUT2D eigenvalue weighted by Crippen LogP contribution is -2.46. The van der Waals surface area contributed by atoms with Crippen molar-refractivity contribution in [2.45, 2.75) is 37.8 Å². The molecule has 2 N–H and O–H groups in total. The molecule has 0 bridgehead atoms. The summed E-state index contributed by atoms with van der Waals surface area (Å²) in [6, 6.07) is 8.30. The molecule has 1 aliphatic heterocycles. The van der Waals surface area contributed by atoms with Gasteiger partial charge in [0.2, 0.25) is 0 Å². The van der Waals surface area contributed by atoms with E-state index in [1.165, 1.54) is 5.56 Å². The molecule has 1 aliphatic rings. The van der Waals surface area contributed by atoms with Gasteiger partial charge in [-0.15, -0.1) is 0 Å². The summed E-state index contributed by atoms with van der Waals surface area (Å²) >= 11 is 3.55. The Balaban J connectivity index is 2.07. The van der Waals surface area contributed by atoms with E-state index in [2.05, 4.69) is 35.0 Å². The molecular weight excluding hydrogens is 266 g/mol. The number of benzene rings is 1. The van der Waals surface area contributed by atoms with Gasteiger partial charge in [0.05, 0.1) is 5.60 Å². The average Bonchev–Trinajstić information content (AvgIpc) is 2.70. The number of hydrogen-bond acceptors (Lipinski definition) is 2. The van der Waals surface area contributed by atoms with E-state index < -0.39 is 0 Å². The van der Waals surface area contributed by atoms with Gasteiger partial charge in [-0.1, -0.05) is 34.1 Å². The van der Waals surface area contributed by atoms with Gasteiger partial charge in [0, 0.05) is 17.1 Å². The van der Waals surface area contributed by atoms with Gasteiger partial charge in [-0.2, -0.15) is 0 Å². The molecule has 1 aromatic carbocycles. The average molecular weight is 284 g/mol. The maximum absolute atomic E-state index is 6.27. The van der Waals surface area contributed by atoms with Gasteiger partial charge in [-0.05, 0) is 37.8 Å². The molecule has 0 saturated carbocycles. The molecule has 2 unspecified atom stereocenters. The van der Waals surface area contributed by atoms with E-state index in [0.717, 1.165) is 30.3 Å². The first kappa shape index (κ1) is 12.1. The van der Waals surface area contributed by atoms with Gasteiger partial charge in [0.25, 0.3) is 0 Å². The van der Waals surface area contributed by atoms with Crippen LogP contribution in [-0.2, 0) is 11.2 Å². The van der Waals surface area contributed by atoms with Crippen LogP contribution in [0.25, 0.3) is 0 Å². The van der Waals surface area contributed by atoms with Gasteiger partial charge in [-0.3, -0.25) is 0 Å². The van der Waals surface area contributed by atoms with Crippen LogP contribution in [0.4, 0.5) is 0 Å². The lowest BCUT2D eigenvalue weighted by molar-refractivity contribution is -0.000938. The monoisotopic (exact) mass is 283 g/mol.